The van der Waals surface area contributed by atoms with Crippen molar-refractivity contribution in [2.75, 3.05) is 12.3 Å². The minimum Gasteiger partial charge on any atom is -0.381 e. The number of sulfonamides is 1. The number of nitrogen functional groups attached to an aromatic ring is 1. The van der Waals surface area contributed by atoms with Crippen LogP contribution in [0.25, 0.3) is 11.3 Å². The molecule has 23 heavy (non-hydrogen) atoms. The fourth-order valence-electron chi connectivity index (χ4n) is 1.93. The molecule has 0 amide bonds. The molecule has 0 atom stereocenters. The molecule has 1 aromatic carbocycles. The molecule has 2 rings (SSSR count). The molecule has 8 heteroatoms. The van der Waals surface area contributed by atoms with Crippen LogP contribution < -0.4 is 10.5 Å². The van der Waals surface area contributed by atoms with Crippen molar-refractivity contribution in [2.45, 2.75) is 18.2 Å². The van der Waals surface area contributed by atoms with E-state index in [0.29, 0.717) is 24.2 Å². The summed E-state index contributed by atoms with van der Waals surface area (Å²) in [5, 5.41) is 0.0827. The maximum absolute atomic E-state index is 12.3. The topological polar surface area (TPSA) is 98.0 Å². The van der Waals surface area contributed by atoms with Crippen molar-refractivity contribution in [2.24, 2.45) is 0 Å². The average molecular weight is 353 g/mol. The lowest BCUT2D eigenvalue weighted by Crippen LogP contribution is -2.24. The summed E-state index contributed by atoms with van der Waals surface area (Å²) in [6.07, 6.45) is 3.66. The molecule has 1 heterocycles. The van der Waals surface area contributed by atoms with Crippen LogP contribution in [0, 0.1) is 6.92 Å². The quantitative estimate of drug-likeness (QED) is 0.615. The highest BCUT2D eigenvalue weighted by Crippen LogP contribution is 2.26. The first-order valence-corrected chi connectivity index (χ1v) is 8.71. The number of aromatic nitrogens is 2. The smallest absolute Gasteiger partial charge is 0.240 e. The van der Waals surface area contributed by atoms with Gasteiger partial charge in [0.25, 0.3) is 0 Å². The number of nitrogens with two attached hydrogens (primary N) is 1. The number of anilines is 1. The van der Waals surface area contributed by atoms with Gasteiger partial charge in [-0.05, 0) is 31.0 Å². The monoisotopic (exact) mass is 352 g/mol. The highest BCUT2D eigenvalue weighted by Gasteiger charge is 2.16. The Labute approximate surface area is 140 Å². The van der Waals surface area contributed by atoms with Gasteiger partial charge in [0, 0.05) is 12.1 Å². The van der Waals surface area contributed by atoms with Gasteiger partial charge < -0.3 is 5.73 Å². The lowest BCUT2D eigenvalue weighted by atomic mass is 10.1. The van der Waals surface area contributed by atoms with Gasteiger partial charge in [-0.3, -0.25) is 0 Å². The van der Waals surface area contributed by atoms with Gasteiger partial charge in [-0.15, -0.1) is 6.58 Å². The van der Waals surface area contributed by atoms with Crippen LogP contribution in [0.15, 0.2) is 41.9 Å². The molecule has 1 aromatic heterocycles. The van der Waals surface area contributed by atoms with Gasteiger partial charge in [0.05, 0.1) is 16.8 Å². The van der Waals surface area contributed by atoms with Gasteiger partial charge in [-0.2, -0.15) is 0 Å². The van der Waals surface area contributed by atoms with Crippen molar-refractivity contribution >= 4 is 27.4 Å². The highest BCUT2D eigenvalue weighted by atomic mass is 35.5. The van der Waals surface area contributed by atoms with E-state index in [1.54, 1.807) is 24.3 Å². The van der Waals surface area contributed by atoms with E-state index in [2.05, 4.69) is 21.3 Å². The second-order valence-corrected chi connectivity index (χ2v) is 7.01. The molecule has 0 saturated heterocycles. The number of benzene rings is 1. The van der Waals surface area contributed by atoms with E-state index in [1.165, 1.54) is 6.20 Å². The fraction of sp³-hybridized carbons (Fsp3) is 0.200. The molecule has 0 radical (unpaired) electrons. The first-order valence-electron chi connectivity index (χ1n) is 6.85. The first-order chi connectivity index (χ1) is 10.8. The second kappa shape index (κ2) is 7.08. The number of nitrogens with one attached hydrogen (secondary N) is 1. The van der Waals surface area contributed by atoms with Crippen LogP contribution in [0.3, 0.4) is 0 Å². The highest BCUT2D eigenvalue weighted by molar-refractivity contribution is 7.89. The van der Waals surface area contributed by atoms with Crippen molar-refractivity contribution in [3.05, 3.63) is 47.8 Å². The van der Waals surface area contributed by atoms with Gasteiger partial charge in [-0.25, -0.2) is 23.1 Å². The molecule has 0 saturated carbocycles. The maximum Gasteiger partial charge on any atom is 0.240 e. The summed E-state index contributed by atoms with van der Waals surface area (Å²) in [6.45, 7) is 5.71. The molecule has 0 bridgehead atoms. The third-order valence-corrected chi connectivity index (χ3v) is 4.93. The average Bonchev–Trinajstić information content (AvgIpc) is 2.50. The lowest BCUT2D eigenvalue weighted by Gasteiger charge is -2.10. The molecule has 2 aromatic rings. The Balaban J connectivity index is 2.43. The molecule has 0 aliphatic heterocycles. The normalized spacial score (nSPS) is 11.4. The predicted molar refractivity (Wildman–Crippen MR) is 91.6 cm³/mol. The summed E-state index contributed by atoms with van der Waals surface area (Å²) in [5.41, 5.74) is 7.50. The molecular weight excluding hydrogens is 336 g/mol. The first kappa shape index (κ1) is 17.4. The minimum atomic E-state index is -3.60. The van der Waals surface area contributed by atoms with Crippen molar-refractivity contribution in [1.29, 1.82) is 0 Å². The van der Waals surface area contributed by atoms with E-state index in [0.717, 1.165) is 5.56 Å². The summed E-state index contributed by atoms with van der Waals surface area (Å²) in [7, 11) is -3.60. The molecule has 122 valence electrons. The summed E-state index contributed by atoms with van der Waals surface area (Å²) in [5.74, 6) is 0.128. The predicted octanol–water partition coefficient (Wildman–Crippen LogP) is 2.54. The fourth-order valence-corrected chi connectivity index (χ4v) is 3.14. The Hall–Kier alpha value is -1.96. The van der Waals surface area contributed by atoms with E-state index in [-0.39, 0.29) is 15.9 Å². The number of hydrogen-bond donors (Lipinski definition) is 2. The van der Waals surface area contributed by atoms with Crippen LogP contribution in [0.2, 0.25) is 5.15 Å². The van der Waals surface area contributed by atoms with Crippen LogP contribution in [0.4, 0.5) is 5.82 Å². The number of nitrogens with zero attached hydrogens (tertiary/aromatic N) is 2. The van der Waals surface area contributed by atoms with Gasteiger partial charge in [0.15, 0.2) is 11.0 Å². The zero-order valence-electron chi connectivity index (χ0n) is 12.6. The molecule has 0 fully saturated rings. The van der Waals surface area contributed by atoms with E-state index in [4.69, 9.17) is 17.3 Å². The van der Waals surface area contributed by atoms with Crippen molar-refractivity contribution in [3.8, 4) is 11.3 Å². The SMILES string of the molecule is C=CCCNS(=O)(=O)c1ccc(C)c(-c2cnc(N)c(Cl)n2)c1. The van der Waals surface area contributed by atoms with Gasteiger partial charge in [0.1, 0.15) is 0 Å². The molecular formula is C15H17ClN4O2S. The number of halogens is 1. The Bertz CT molecular complexity index is 837. The molecule has 0 spiro atoms. The third kappa shape index (κ3) is 4.07. The van der Waals surface area contributed by atoms with E-state index < -0.39 is 10.0 Å². The Morgan fingerprint density at radius 3 is 2.83 bits per heavy atom. The van der Waals surface area contributed by atoms with Gasteiger partial charge >= 0.3 is 0 Å². The molecule has 0 aliphatic carbocycles. The van der Waals surface area contributed by atoms with Crippen molar-refractivity contribution < 1.29 is 8.42 Å². The number of aryl methyl sites for hydroxylation is 1. The number of rotatable bonds is 6. The summed E-state index contributed by atoms with van der Waals surface area (Å²) in [6, 6.07) is 4.80. The lowest BCUT2D eigenvalue weighted by molar-refractivity contribution is 0.582. The van der Waals surface area contributed by atoms with Crippen LogP contribution in [0.5, 0.6) is 0 Å². The summed E-state index contributed by atoms with van der Waals surface area (Å²) in [4.78, 5) is 8.26. The summed E-state index contributed by atoms with van der Waals surface area (Å²) >= 11 is 5.89. The molecule has 0 unspecified atom stereocenters. The zero-order valence-corrected chi connectivity index (χ0v) is 14.2. The molecule has 6 nitrogen and oxygen atoms in total. The van der Waals surface area contributed by atoms with Crippen LogP contribution in [-0.2, 0) is 10.0 Å². The largest absolute Gasteiger partial charge is 0.381 e. The molecule has 3 N–H and O–H groups in total. The van der Waals surface area contributed by atoms with Gasteiger partial charge in [-0.1, -0.05) is 23.7 Å². The van der Waals surface area contributed by atoms with E-state index in [9.17, 15) is 8.42 Å². The van der Waals surface area contributed by atoms with E-state index in [1.807, 2.05) is 6.92 Å². The maximum atomic E-state index is 12.3. The second-order valence-electron chi connectivity index (χ2n) is 4.88. The third-order valence-electron chi connectivity index (χ3n) is 3.19. The van der Waals surface area contributed by atoms with Crippen molar-refractivity contribution in [3.63, 3.8) is 0 Å². The zero-order chi connectivity index (χ0) is 17.0. The van der Waals surface area contributed by atoms with Gasteiger partial charge in [0.2, 0.25) is 10.0 Å². The van der Waals surface area contributed by atoms with Crippen molar-refractivity contribution in [1.82, 2.24) is 14.7 Å². The van der Waals surface area contributed by atoms with E-state index >= 15 is 0 Å². The summed E-state index contributed by atoms with van der Waals surface area (Å²) < 4.78 is 27.1. The Morgan fingerprint density at radius 1 is 1.43 bits per heavy atom. The van der Waals surface area contributed by atoms with Crippen LogP contribution >= 0.6 is 11.6 Å². The standard InChI is InChI=1S/C15H17ClN4O2S/c1-3-4-7-19-23(21,22)11-6-5-10(2)12(8-11)13-9-18-15(17)14(16)20-13/h3,5-6,8-9,19H,1,4,7H2,2H3,(H2,17,18). The Morgan fingerprint density at radius 2 is 2.17 bits per heavy atom. The number of hydrogen-bond acceptors (Lipinski definition) is 5. The van der Waals surface area contributed by atoms with Crippen LogP contribution in [-0.4, -0.2) is 24.9 Å². The Kier molecular flexibility index (Phi) is 5.35. The minimum absolute atomic E-state index is 0.0827. The molecule has 0 aliphatic rings. The van der Waals surface area contributed by atoms with Crippen LogP contribution in [0.1, 0.15) is 12.0 Å².